The third-order valence-electron chi connectivity index (χ3n) is 5.99. The van der Waals surface area contributed by atoms with Crippen LogP contribution < -0.4 is 10.1 Å². The number of nitrogens with one attached hydrogen (secondary N) is 1. The lowest BCUT2D eigenvalue weighted by Crippen LogP contribution is -2.46. The SMILES string of the molecule is CC(OC(=O)N1Cc2c(nn3c2C(=O)NC(CCO)C3)CC1C)c1ccc(OC(F)F)cc1. The van der Waals surface area contributed by atoms with Crippen molar-refractivity contribution in [2.75, 3.05) is 6.61 Å². The van der Waals surface area contributed by atoms with Crippen LogP contribution in [0.25, 0.3) is 0 Å². The van der Waals surface area contributed by atoms with E-state index in [1.165, 1.54) is 12.1 Å². The molecule has 2 aromatic rings. The molecule has 0 saturated heterocycles. The average Bonchev–Trinajstić information content (AvgIpc) is 3.10. The van der Waals surface area contributed by atoms with Crippen LogP contribution in [0.4, 0.5) is 13.6 Å². The highest BCUT2D eigenvalue weighted by Crippen LogP contribution is 2.30. The Morgan fingerprint density at radius 1 is 1.33 bits per heavy atom. The van der Waals surface area contributed by atoms with Crippen LogP contribution in [0.15, 0.2) is 24.3 Å². The van der Waals surface area contributed by atoms with Gasteiger partial charge in [0.05, 0.1) is 24.8 Å². The van der Waals surface area contributed by atoms with Gasteiger partial charge in [-0.1, -0.05) is 12.1 Å². The molecule has 0 bridgehead atoms. The molecule has 0 spiro atoms. The van der Waals surface area contributed by atoms with Crippen LogP contribution in [-0.2, 0) is 24.2 Å². The molecule has 3 heterocycles. The summed E-state index contributed by atoms with van der Waals surface area (Å²) < 4.78 is 36.3. The minimum absolute atomic E-state index is 0.0231. The van der Waals surface area contributed by atoms with E-state index in [0.717, 1.165) is 5.69 Å². The van der Waals surface area contributed by atoms with Crippen molar-refractivity contribution in [2.24, 2.45) is 0 Å². The van der Waals surface area contributed by atoms with Crippen LogP contribution in [-0.4, -0.2) is 57.1 Å². The maximum Gasteiger partial charge on any atom is 0.410 e. The number of halogens is 2. The van der Waals surface area contributed by atoms with Crippen molar-refractivity contribution in [3.8, 4) is 5.75 Å². The van der Waals surface area contributed by atoms with Gasteiger partial charge in [0.2, 0.25) is 0 Å². The maximum atomic E-state index is 12.9. The lowest BCUT2D eigenvalue weighted by molar-refractivity contribution is -0.0498. The van der Waals surface area contributed by atoms with E-state index in [9.17, 15) is 23.5 Å². The molecule has 33 heavy (non-hydrogen) atoms. The van der Waals surface area contributed by atoms with E-state index in [0.29, 0.717) is 36.2 Å². The summed E-state index contributed by atoms with van der Waals surface area (Å²) >= 11 is 0. The monoisotopic (exact) mass is 464 g/mol. The Hall–Kier alpha value is -3.21. The number of aliphatic hydroxyl groups is 1. The molecule has 2 aliphatic heterocycles. The minimum atomic E-state index is -2.91. The summed E-state index contributed by atoms with van der Waals surface area (Å²) in [6.07, 6.45) is -0.230. The highest BCUT2D eigenvalue weighted by Gasteiger charge is 2.37. The van der Waals surface area contributed by atoms with E-state index in [1.807, 2.05) is 6.92 Å². The first-order valence-corrected chi connectivity index (χ1v) is 10.8. The van der Waals surface area contributed by atoms with E-state index in [-0.39, 0.29) is 36.9 Å². The number of fused-ring (bicyclic) bond motifs is 3. The maximum absolute atomic E-state index is 12.9. The number of benzene rings is 1. The van der Waals surface area contributed by atoms with Gasteiger partial charge >= 0.3 is 12.7 Å². The fourth-order valence-electron chi connectivity index (χ4n) is 4.26. The standard InChI is InChI=1S/C22H26F2N4O5/c1-12-9-18-17(19-20(30)25-15(7-8-29)10-28(19)26-18)11-27(12)22(31)32-13(2)14-3-5-16(6-4-14)33-21(23)24/h3-6,12-13,15,21,29H,7-11H2,1-2H3,(H,25,30). The van der Waals surface area contributed by atoms with Crippen LogP contribution >= 0.6 is 0 Å². The van der Waals surface area contributed by atoms with Crippen molar-refractivity contribution >= 4 is 12.0 Å². The molecule has 0 radical (unpaired) electrons. The predicted octanol–water partition coefficient (Wildman–Crippen LogP) is 2.62. The van der Waals surface area contributed by atoms with Crippen molar-refractivity contribution in [2.45, 2.75) is 64.6 Å². The van der Waals surface area contributed by atoms with Gasteiger partial charge in [-0.05, 0) is 38.0 Å². The Bertz CT molecular complexity index is 1030. The summed E-state index contributed by atoms with van der Waals surface area (Å²) in [5, 5.41) is 16.6. The number of alkyl halides is 2. The normalized spacial score (nSPS) is 20.7. The van der Waals surface area contributed by atoms with Crippen molar-refractivity contribution in [1.82, 2.24) is 20.0 Å². The van der Waals surface area contributed by atoms with Gasteiger partial charge in [-0.15, -0.1) is 0 Å². The number of aromatic nitrogens is 2. The first-order chi connectivity index (χ1) is 15.8. The second kappa shape index (κ2) is 9.34. The zero-order valence-corrected chi connectivity index (χ0v) is 18.3. The average molecular weight is 464 g/mol. The van der Waals surface area contributed by atoms with E-state index in [4.69, 9.17) is 4.74 Å². The third kappa shape index (κ3) is 4.77. The highest BCUT2D eigenvalue weighted by atomic mass is 19.3. The molecule has 1 aromatic heterocycles. The molecule has 3 unspecified atom stereocenters. The number of hydrogen-bond acceptors (Lipinski definition) is 6. The van der Waals surface area contributed by atoms with Crippen LogP contribution in [0.1, 0.15) is 53.7 Å². The van der Waals surface area contributed by atoms with Crippen molar-refractivity contribution in [1.29, 1.82) is 0 Å². The number of carbonyl (C=O) groups excluding carboxylic acids is 2. The molecule has 1 aromatic carbocycles. The molecule has 2 aliphatic rings. The zero-order chi connectivity index (χ0) is 23.7. The Morgan fingerprint density at radius 2 is 2.06 bits per heavy atom. The van der Waals surface area contributed by atoms with Crippen LogP contribution in [0.3, 0.4) is 0 Å². The summed E-state index contributed by atoms with van der Waals surface area (Å²) in [5.41, 5.74) is 2.55. The molecule has 0 saturated carbocycles. The van der Waals surface area contributed by atoms with Gasteiger partial charge in [0, 0.05) is 24.6 Å². The Kier molecular flexibility index (Phi) is 6.50. The highest BCUT2D eigenvalue weighted by molar-refractivity contribution is 5.95. The molecule has 0 aliphatic carbocycles. The van der Waals surface area contributed by atoms with E-state index in [2.05, 4.69) is 15.2 Å². The quantitative estimate of drug-likeness (QED) is 0.681. The fourth-order valence-corrected chi connectivity index (χ4v) is 4.26. The van der Waals surface area contributed by atoms with Crippen molar-refractivity contribution < 1.29 is 33.0 Å². The molecule has 178 valence electrons. The van der Waals surface area contributed by atoms with Crippen LogP contribution in [0.2, 0.25) is 0 Å². The lowest BCUT2D eigenvalue weighted by atomic mass is 9.99. The topological polar surface area (TPSA) is 106 Å². The molecule has 3 atom stereocenters. The van der Waals surface area contributed by atoms with Crippen molar-refractivity contribution in [3.05, 3.63) is 46.8 Å². The van der Waals surface area contributed by atoms with Crippen LogP contribution in [0.5, 0.6) is 5.75 Å². The van der Waals surface area contributed by atoms with Crippen LogP contribution in [0, 0.1) is 0 Å². The Morgan fingerprint density at radius 3 is 2.73 bits per heavy atom. The van der Waals surface area contributed by atoms with Crippen molar-refractivity contribution in [3.63, 3.8) is 0 Å². The zero-order valence-electron chi connectivity index (χ0n) is 18.3. The molecule has 2 amide bonds. The van der Waals surface area contributed by atoms with Gasteiger partial charge in [0.15, 0.2) is 0 Å². The van der Waals surface area contributed by atoms with E-state index < -0.39 is 18.8 Å². The summed E-state index contributed by atoms with van der Waals surface area (Å²) in [6, 6.07) is 5.54. The number of nitrogens with zero attached hydrogens (tertiary/aromatic N) is 3. The molecule has 4 rings (SSSR count). The predicted molar refractivity (Wildman–Crippen MR) is 112 cm³/mol. The van der Waals surface area contributed by atoms with E-state index >= 15 is 0 Å². The summed E-state index contributed by atoms with van der Waals surface area (Å²) in [6.45, 7) is 1.30. The Balaban J connectivity index is 1.46. The van der Waals surface area contributed by atoms with Gasteiger partial charge in [-0.2, -0.15) is 13.9 Å². The summed E-state index contributed by atoms with van der Waals surface area (Å²) in [4.78, 5) is 27.2. The van der Waals surface area contributed by atoms with Gasteiger partial charge in [0.1, 0.15) is 17.5 Å². The van der Waals surface area contributed by atoms with Gasteiger partial charge in [-0.3, -0.25) is 9.48 Å². The second-order valence-corrected chi connectivity index (χ2v) is 8.29. The van der Waals surface area contributed by atoms with E-state index in [1.54, 1.807) is 28.6 Å². The van der Waals surface area contributed by atoms with Gasteiger partial charge in [0.25, 0.3) is 5.91 Å². The first-order valence-electron chi connectivity index (χ1n) is 10.8. The third-order valence-corrected chi connectivity index (χ3v) is 5.99. The molecule has 9 nitrogen and oxygen atoms in total. The number of ether oxygens (including phenoxy) is 2. The molecular weight excluding hydrogens is 438 g/mol. The second-order valence-electron chi connectivity index (χ2n) is 8.29. The number of aliphatic hydroxyl groups excluding tert-OH is 1. The smallest absolute Gasteiger partial charge is 0.410 e. The van der Waals surface area contributed by atoms with Gasteiger partial charge < -0.3 is 24.8 Å². The largest absolute Gasteiger partial charge is 0.441 e. The first kappa shape index (κ1) is 23.0. The number of hydrogen-bond donors (Lipinski definition) is 2. The molecule has 0 fully saturated rings. The number of carbonyl (C=O) groups is 2. The molecule has 11 heteroatoms. The summed E-state index contributed by atoms with van der Waals surface area (Å²) in [7, 11) is 0. The minimum Gasteiger partial charge on any atom is -0.441 e. The molecular formula is C22H26F2N4O5. The Labute approximate surface area is 189 Å². The van der Waals surface area contributed by atoms with Gasteiger partial charge in [-0.25, -0.2) is 4.79 Å². The molecule has 2 N–H and O–H groups in total. The number of rotatable bonds is 6. The fraction of sp³-hybridized carbons (Fsp3) is 0.500. The number of amides is 2. The summed E-state index contributed by atoms with van der Waals surface area (Å²) in [5.74, 6) is -0.245. The lowest BCUT2D eigenvalue weighted by Gasteiger charge is -2.33.